The summed E-state index contributed by atoms with van der Waals surface area (Å²) in [6, 6.07) is 0. The molecule has 0 aliphatic rings. The molecule has 0 radical (unpaired) electrons. The van der Waals surface area contributed by atoms with E-state index in [1.807, 2.05) is 0 Å². The van der Waals surface area contributed by atoms with Crippen LogP contribution in [0.1, 0.15) is 54.4 Å². The molecule has 0 aliphatic heterocycles. The Balaban J connectivity index is 5.26. The molecule has 0 saturated heterocycles. The van der Waals surface area contributed by atoms with Crippen LogP contribution in [0.4, 0.5) is 0 Å². The third kappa shape index (κ3) is 4.68. The lowest BCUT2D eigenvalue weighted by molar-refractivity contribution is 0.486. The Hall–Kier alpha value is 0.340. The average Bonchev–Trinajstić information content (AvgIpc) is 2.10. The fourth-order valence-electron chi connectivity index (χ4n) is 1.95. The van der Waals surface area contributed by atoms with E-state index in [9.17, 15) is 8.42 Å². The monoisotopic (exact) mass is 268 g/mol. The second kappa shape index (κ2) is 5.32. The molecular formula is C11H25O3PS. The van der Waals surface area contributed by atoms with Gasteiger partial charge >= 0.3 is 0 Å². The summed E-state index contributed by atoms with van der Waals surface area (Å²) in [7, 11) is -4.65. The van der Waals surface area contributed by atoms with E-state index in [1.54, 1.807) is 0 Å². The van der Waals surface area contributed by atoms with Crippen molar-refractivity contribution in [3.63, 3.8) is 0 Å². The third-order valence-corrected chi connectivity index (χ3v) is 9.17. The molecule has 0 saturated carbocycles. The first kappa shape index (κ1) is 16.3. The maximum absolute atomic E-state index is 11.1. The summed E-state index contributed by atoms with van der Waals surface area (Å²) in [5.74, 6) is 0. The van der Waals surface area contributed by atoms with Crippen molar-refractivity contribution in [3.8, 4) is 0 Å². The van der Waals surface area contributed by atoms with Crippen LogP contribution in [0.5, 0.6) is 0 Å². The smallest absolute Gasteiger partial charge is 0.268 e. The van der Waals surface area contributed by atoms with Gasteiger partial charge in [0.25, 0.3) is 10.1 Å². The molecule has 1 N–H and O–H groups in total. The molecular weight excluding hydrogens is 243 g/mol. The molecule has 0 aromatic carbocycles. The first-order chi connectivity index (χ1) is 6.96. The van der Waals surface area contributed by atoms with Crippen molar-refractivity contribution in [2.75, 3.05) is 5.49 Å². The van der Waals surface area contributed by atoms with E-state index in [2.05, 4.69) is 41.5 Å². The highest BCUT2D eigenvalue weighted by molar-refractivity contribution is 7.94. The Morgan fingerprint density at radius 3 is 1.62 bits per heavy atom. The molecule has 0 amide bonds. The van der Waals surface area contributed by atoms with Crippen LogP contribution in [-0.2, 0) is 10.1 Å². The normalized spacial score (nSPS) is 16.2. The second-order valence-electron chi connectivity index (χ2n) is 5.51. The molecule has 16 heavy (non-hydrogen) atoms. The molecule has 0 aliphatic carbocycles. The Kier molecular flexibility index (Phi) is 5.44. The fourth-order valence-corrected chi connectivity index (χ4v) is 8.44. The molecule has 0 bridgehead atoms. The molecule has 0 aromatic heterocycles. The van der Waals surface area contributed by atoms with Crippen LogP contribution in [0.25, 0.3) is 0 Å². The lowest BCUT2D eigenvalue weighted by Crippen LogP contribution is -2.32. The summed E-state index contributed by atoms with van der Waals surface area (Å²) in [5.41, 5.74) is -0.0794. The summed E-state index contributed by atoms with van der Waals surface area (Å²) in [6.07, 6.45) is 1.89. The molecule has 1 atom stereocenters. The van der Waals surface area contributed by atoms with Crippen molar-refractivity contribution in [1.29, 1.82) is 0 Å². The van der Waals surface area contributed by atoms with Crippen molar-refractivity contribution >= 4 is 18.0 Å². The van der Waals surface area contributed by atoms with Crippen molar-refractivity contribution in [2.24, 2.45) is 0 Å². The number of hydrogen-bond donors (Lipinski definition) is 1. The lowest BCUT2D eigenvalue weighted by Gasteiger charge is -2.44. The van der Waals surface area contributed by atoms with Crippen LogP contribution in [0.3, 0.4) is 0 Å². The fraction of sp³-hybridized carbons (Fsp3) is 1.00. The number of hydrogen-bond acceptors (Lipinski definition) is 2. The molecule has 0 spiro atoms. The maximum atomic E-state index is 11.1. The zero-order chi connectivity index (χ0) is 13.2. The number of rotatable bonds is 5. The highest BCUT2D eigenvalue weighted by atomic mass is 32.2. The van der Waals surface area contributed by atoms with Gasteiger partial charge in [0.2, 0.25) is 0 Å². The van der Waals surface area contributed by atoms with E-state index in [1.165, 1.54) is 0 Å². The van der Waals surface area contributed by atoms with E-state index >= 15 is 0 Å². The van der Waals surface area contributed by atoms with Crippen molar-refractivity contribution < 1.29 is 13.0 Å². The molecule has 0 heterocycles. The van der Waals surface area contributed by atoms with Gasteiger partial charge in [0.05, 0.1) is 5.49 Å². The molecule has 3 nitrogen and oxygen atoms in total. The Morgan fingerprint density at radius 2 is 1.44 bits per heavy atom. The van der Waals surface area contributed by atoms with Crippen molar-refractivity contribution in [2.45, 2.75) is 64.7 Å². The molecule has 0 aromatic rings. The van der Waals surface area contributed by atoms with Crippen LogP contribution in [0.2, 0.25) is 0 Å². The van der Waals surface area contributed by atoms with Gasteiger partial charge in [0.15, 0.2) is 0 Å². The van der Waals surface area contributed by atoms with Gasteiger partial charge in [-0.25, -0.2) is 0 Å². The van der Waals surface area contributed by atoms with Gasteiger partial charge < -0.3 is 0 Å². The topological polar surface area (TPSA) is 54.4 Å². The van der Waals surface area contributed by atoms with Crippen LogP contribution in [0.15, 0.2) is 0 Å². The van der Waals surface area contributed by atoms with Gasteiger partial charge in [-0.05, 0) is 23.2 Å². The van der Waals surface area contributed by atoms with E-state index in [0.29, 0.717) is 0 Å². The third-order valence-electron chi connectivity index (χ3n) is 3.28. The SMILES string of the molecule is CCC(C)(CC)P(CS(=O)(=O)O)C(C)(C)C. The van der Waals surface area contributed by atoms with Crippen LogP contribution in [0, 0.1) is 0 Å². The molecule has 0 fully saturated rings. The minimum atomic E-state index is -3.88. The largest absolute Gasteiger partial charge is 0.285 e. The quantitative estimate of drug-likeness (QED) is 0.611. The molecule has 5 heteroatoms. The molecule has 0 rings (SSSR count). The van der Waals surface area contributed by atoms with Gasteiger partial charge in [0, 0.05) is 0 Å². The standard InChI is InChI=1S/C11H25O3PS/c1-7-11(6,8-2)15(10(3,4)5)9-16(12,13)14/h7-9H2,1-6H3,(H,12,13,14). The lowest BCUT2D eigenvalue weighted by atomic mass is 10.1. The van der Waals surface area contributed by atoms with Gasteiger partial charge in [-0.2, -0.15) is 8.42 Å². The van der Waals surface area contributed by atoms with E-state index in [0.717, 1.165) is 12.8 Å². The van der Waals surface area contributed by atoms with Crippen LogP contribution >= 0.6 is 7.92 Å². The Bertz CT molecular complexity index is 313. The Morgan fingerprint density at radius 1 is 1.06 bits per heavy atom. The van der Waals surface area contributed by atoms with E-state index in [4.69, 9.17) is 4.55 Å². The summed E-state index contributed by atoms with van der Waals surface area (Å²) in [5, 5.41) is -0.0463. The van der Waals surface area contributed by atoms with Gasteiger partial charge in [0.1, 0.15) is 0 Å². The van der Waals surface area contributed by atoms with Crippen LogP contribution in [-0.4, -0.2) is 28.8 Å². The van der Waals surface area contributed by atoms with E-state index in [-0.39, 0.29) is 15.8 Å². The highest BCUT2D eigenvalue weighted by Gasteiger charge is 2.40. The average molecular weight is 268 g/mol. The maximum Gasteiger partial charge on any atom is 0.268 e. The van der Waals surface area contributed by atoms with Gasteiger partial charge in [-0.1, -0.05) is 49.5 Å². The summed E-state index contributed by atoms with van der Waals surface area (Å²) >= 11 is 0. The first-order valence-electron chi connectivity index (χ1n) is 5.69. The minimum Gasteiger partial charge on any atom is -0.285 e. The van der Waals surface area contributed by atoms with E-state index < -0.39 is 18.0 Å². The summed E-state index contributed by atoms with van der Waals surface area (Å²) in [6.45, 7) is 12.5. The minimum absolute atomic E-state index is 0.0172. The van der Waals surface area contributed by atoms with Crippen LogP contribution < -0.4 is 0 Å². The molecule has 98 valence electrons. The molecule has 1 unspecified atom stereocenters. The van der Waals surface area contributed by atoms with Gasteiger partial charge in [-0.3, -0.25) is 4.55 Å². The van der Waals surface area contributed by atoms with Crippen molar-refractivity contribution in [3.05, 3.63) is 0 Å². The summed E-state index contributed by atoms with van der Waals surface area (Å²) < 4.78 is 31.4. The zero-order valence-corrected chi connectivity index (χ0v) is 13.0. The second-order valence-corrected chi connectivity index (χ2v) is 11.0. The van der Waals surface area contributed by atoms with Crippen molar-refractivity contribution in [1.82, 2.24) is 0 Å². The van der Waals surface area contributed by atoms with Gasteiger partial charge in [-0.15, -0.1) is 0 Å². The zero-order valence-electron chi connectivity index (χ0n) is 11.2. The Labute approximate surface area is 102 Å². The predicted molar refractivity (Wildman–Crippen MR) is 72.1 cm³/mol. The summed E-state index contributed by atoms with van der Waals surface area (Å²) in [4.78, 5) is 0. The first-order valence-corrected chi connectivity index (χ1v) is 8.83. The highest BCUT2D eigenvalue weighted by Crippen LogP contribution is 2.62. The predicted octanol–water partition coefficient (Wildman–Crippen LogP) is 3.69.